The zero-order valence-electron chi connectivity index (χ0n) is 11.2. The number of nitrogens with zero attached hydrogens (tertiary/aromatic N) is 1. The standard InChI is InChI=1S/C11H23NO4S/c1-10(2,3)17(14,15)12-6-9(7-13)16-11(4,5)8-12/h9,13H,6-8H2,1-5H3. The molecular formula is C11H23NO4S. The number of morpholine rings is 1. The predicted molar refractivity (Wildman–Crippen MR) is 66.3 cm³/mol. The molecule has 0 aromatic heterocycles. The molecule has 1 unspecified atom stereocenters. The van der Waals surface area contributed by atoms with E-state index in [1.165, 1.54) is 4.31 Å². The molecule has 1 aliphatic heterocycles. The number of aliphatic hydroxyl groups excluding tert-OH is 1. The van der Waals surface area contributed by atoms with Crippen LogP contribution in [-0.4, -0.2) is 54.0 Å². The molecule has 6 heteroatoms. The van der Waals surface area contributed by atoms with Gasteiger partial charge in [-0.2, -0.15) is 4.31 Å². The van der Waals surface area contributed by atoms with Crippen LogP contribution in [-0.2, 0) is 14.8 Å². The van der Waals surface area contributed by atoms with Crippen molar-refractivity contribution in [2.75, 3.05) is 19.7 Å². The maximum absolute atomic E-state index is 12.3. The summed E-state index contributed by atoms with van der Waals surface area (Å²) in [5, 5.41) is 9.16. The van der Waals surface area contributed by atoms with Gasteiger partial charge >= 0.3 is 0 Å². The molecule has 0 aromatic rings. The molecule has 0 bridgehead atoms. The first-order valence-electron chi connectivity index (χ1n) is 5.78. The Balaban J connectivity index is 2.99. The summed E-state index contributed by atoms with van der Waals surface area (Å²) in [6.07, 6.45) is -0.448. The Morgan fingerprint density at radius 3 is 2.35 bits per heavy atom. The SMILES string of the molecule is CC1(C)CN(S(=O)(=O)C(C)(C)C)CC(CO)O1. The van der Waals surface area contributed by atoms with Crippen LogP contribution >= 0.6 is 0 Å². The molecule has 0 saturated carbocycles. The van der Waals surface area contributed by atoms with Crippen molar-refractivity contribution in [1.29, 1.82) is 0 Å². The predicted octanol–water partition coefficient (Wildman–Crippen LogP) is 0.586. The summed E-state index contributed by atoms with van der Waals surface area (Å²) >= 11 is 0. The van der Waals surface area contributed by atoms with E-state index in [1.54, 1.807) is 20.8 Å². The van der Waals surface area contributed by atoms with Crippen LogP contribution in [0.4, 0.5) is 0 Å². The number of ether oxygens (including phenoxy) is 1. The van der Waals surface area contributed by atoms with Gasteiger partial charge in [0, 0.05) is 13.1 Å². The fraction of sp³-hybridized carbons (Fsp3) is 1.00. The van der Waals surface area contributed by atoms with Crippen LogP contribution in [0.1, 0.15) is 34.6 Å². The molecule has 1 fully saturated rings. The van der Waals surface area contributed by atoms with Crippen molar-refractivity contribution in [2.24, 2.45) is 0 Å². The van der Waals surface area contributed by atoms with E-state index >= 15 is 0 Å². The van der Waals surface area contributed by atoms with Gasteiger partial charge in [0.05, 0.1) is 23.1 Å². The van der Waals surface area contributed by atoms with E-state index in [2.05, 4.69) is 0 Å². The topological polar surface area (TPSA) is 66.8 Å². The third-order valence-electron chi connectivity index (χ3n) is 2.77. The summed E-state index contributed by atoms with van der Waals surface area (Å²) in [5.74, 6) is 0. The average molecular weight is 265 g/mol. The molecule has 1 heterocycles. The van der Waals surface area contributed by atoms with Gasteiger partial charge in [0.15, 0.2) is 0 Å². The van der Waals surface area contributed by atoms with Crippen molar-refractivity contribution in [3.8, 4) is 0 Å². The van der Waals surface area contributed by atoms with Crippen molar-refractivity contribution in [1.82, 2.24) is 4.31 Å². The number of rotatable bonds is 2. The second-order valence-electron chi connectivity index (χ2n) is 6.09. The first kappa shape index (κ1) is 14.9. The summed E-state index contributed by atoms with van der Waals surface area (Å²) in [7, 11) is -3.37. The van der Waals surface area contributed by atoms with Crippen molar-refractivity contribution in [2.45, 2.75) is 51.1 Å². The van der Waals surface area contributed by atoms with Gasteiger partial charge in [-0.3, -0.25) is 0 Å². The fourth-order valence-electron chi connectivity index (χ4n) is 1.91. The summed E-state index contributed by atoms with van der Waals surface area (Å²) in [4.78, 5) is 0. The van der Waals surface area contributed by atoms with Crippen molar-refractivity contribution in [3.63, 3.8) is 0 Å². The van der Waals surface area contributed by atoms with Crippen molar-refractivity contribution in [3.05, 3.63) is 0 Å². The third kappa shape index (κ3) is 3.19. The Labute approximate surface area is 104 Å². The lowest BCUT2D eigenvalue weighted by Crippen LogP contribution is -2.58. The fourth-order valence-corrected chi connectivity index (χ4v) is 3.53. The first-order valence-corrected chi connectivity index (χ1v) is 7.22. The molecular weight excluding hydrogens is 242 g/mol. The molecule has 102 valence electrons. The second kappa shape index (κ2) is 4.50. The Hall–Kier alpha value is -0.170. The van der Waals surface area contributed by atoms with E-state index in [-0.39, 0.29) is 13.2 Å². The van der Waals surface area contributed by atoms with E-state index in [0.29, 0.717) is 6.54 Å². The average Bonchev–Trinajstić information content (AvgIpc) is 2.13. The highest BCUT2D eigenvalue weighted by atomic mass is 32.2. The van der Waals surface area contributed by atoms with Crippen molar-refractivity contribution >= 4 is 10.0 Å². The van der Waals surface area contributed by atoms with Gasteiger partial charge in [-0.1, -0.05) is 0 Å². The van der Waals surface area contributed by atoms with Crippen LogP contribution in [0.3, 0.4) is 0 Å². The molecule has 0 spiro atoms. The number of hydrogen-bond donors (Lipinski definition) is 1. The summed E-state index contributed by atoms with van der Waals surface area (Å²) < 4.78 is 30.9. The molecule has 1 aliphatic rings. The molecule has 1 rings (SSSR count). The first-order chi connectivity index (χ1) is 7.49. The van der Waals surface area contributed by atoms with E-state index in [0.717, 1.165) is 0 Å². The Morgan fingerprint density at radius 1 is 1.41 bits per heavy atom. The van der Waals surface area contributed by atoms with Gasteiger partial charge in [-0.15, -0.1) is 0 Å². The Bertz CT molecular complexity index is 369. The minimum atomic E-state index is -3.37. The van der Waals surface area contributed by atoms with Gasteiger partial charge < -0.3 is 9.84 Å². The molecule has 17 heavy (non-hydrogen) atoms. The van der Waals surface area contributed by atoms with Crippen LogP contribution in [0.5, 0.6) is 0 Å². The smallest absolute Gasteiger partial charge is 0.219 e. The second-order valence-corrected chi connectivity index (χ2v) is 8.78. The maximum atomic E-state index is 12.3. The van der Waals surface area contributed by atoms with E-state index in [9.17, 15) is 8.42 Å². The van der Waals surface area contributed by atoms with Crippen LogP contribution < -0.4 is 0 Å². The van der Waals surface area contributed by atoms with Gasteiger partial charge in [-0.25, -0.2) is 8.42 Å². The van der Waals surface area contributed by atoms with Crippen LogP contribution in [0.15, 0.2) is 0 Å². The highest BCUT2D eigenvalue weighted by Crippen LogP contribution is 2.28. The molecule has 0 amide bonds. The summed E-state index contributed by atoms with van der Waals surface area (Å²) in [6.45, 7) is 9.08. The minimum Gasteiger partial charge on any atom is -0.394 e. The quantitative estimate of drug-likeness (QED) is 0.793. The molecule has 1 atom stereocenters. The zero-order chi connectivity index (χ0) is 13.5. The lowest BCUT2D eigenvalue weighted by molar-refractivity contribution is -0.131. The number of aliphatic hydroxyl groups is 1. The molecule has 5 nitrogen and oxygen atoms in total. The summed E-state index contributed by atoms with van der Waals surface area (Å²) in [5.41, 5.74) is -0.566. The van der Waals surface area contributed by atoms with E-state index in [1.807, 2.05) is 13.8 Å². The maximum Gasteiger partial charge on any atom is 0.219 e. The summed E-state index contributed by atoms with van der Waals surface area (Å²) in [6, 6.07) is 0. The molecule has 0 aliphatic carbocycles. The van der Waals surface area contributed by atoms with Gasteiger partial charge in [0.25, 0.3) is 0 Å². The highest BCUT2D eigenvalue weighted by molar-refractivity contribution is 7.90. The molecule has 0 radical (unpaired) electrons. The number of hydrogen-bond acceptors (Lipinski definition) is 4. The van der Waals surface area contributed by atoms with Crippen LogP contribution in [0.25, 0.3) is 0 Å². The van der Waals surface area contributed by atoms with E-state index in [4.69, 9.17) is 9.84 Å². The largest absolute Gasteiger partial charge is 0.394 e. The molecule has 1 saturated heterocycles. The van der Waals surface area contributed by atoms with Crippen molar-refractivity contribution < 1.29 is 18.3 Å². The van der Waals surface area contributed by atoms with Gasteiger partial charge in [-0.05, 0) is 34.6 Å². The van der Waals surface area contributed by atoms with Gasteiger partial charge in [0.1, 0.15) is 0 Å². The Morgan fingerprint density at radius 2 is 1.94 bits per heavy atom. The minimum absolute atomic E-state index is 0.167. The number of sulfonamides is 1. The molecule has 0 aromatic carbocycles. The van der Waals surface area contributed by atoms with E-state index < -0.39 is 26.5 Å². The molecule has 1 N–H and O–H groups in total. The highest BCUT2D eigenvalue weighted by Gasteiger charge is 2.43. The van der Waals surface area contributed by atoms with Crippen LogP contribution in [0.2, 0.25) is 0 Å². The lowest BCUT2D eigenvalue weighted by Gasteiger charge is -2.43. The van der Waals surface area contributed by atoms with Crippen LogP contribution in [0, 0.1) is 0 Å². The normalized spacial score (nSPS) is 27.1. The van der Waals surface area contributed by atoms with Gasteiger partial charge in [0.2, 0.25) is 10.0 Å². The zero-order valence-corrected chi connectivity index (χ0v) is 12.0. The monoisotopic (exact) mass is 265 g/mol. The third-order valence-corrected chi connectivity index (χ3v) is 5.27. The Kier molecular flexibility index (Phi) is 3.94. The lowest BCUT2D eigenvalue weighted by atomic mass is 10.1.